The van der Waals surface area contributed by atoms with Gasteiger partial charge in [0.25, 0.3) is 11.2 Å². The standard InChI is InChI=1S/C17H14BrN3O5/c1-25-9-12-11(8-19)17(22)20-14(16(12)21(23)24)5-3-10-4-6-15(26-2)13(18)7-10/h3-7H,9H2,1-2H3,(H,20,22)/b5-3+. The van der Waals surface area contributed by atoms with Crippen LogP contribution < -0.4 is 10.3 Å². The summed E-state index contributed by atoms with van der Waals surface area (Å²) in [5.41, 5.74) is -0.752. The highest BCUT2D eigenvalue weighted by molar-refractivity contribution is 9.10. The van der Waals surface area contributed by atoms with E-state index in [0.29, 0.717) is 10.2 Å². The van der Waals surface area contributed by atoms with Crippen molar-refractivity contribution in [2.24, 2.45) is 0 Å². The van der Waals surface area contributed by atoms with Crippen molar-refractivity contribution >= 4 is 33.8 Å². The fourth-order valence-corrected chi connectivity index (χ4v) is 2.92. The molecular weight excluding hydrogens is 406 g/mol. The number of ether oxygens (including phenoxy) is 2. The molecular formula is C17H14BrN3O5. The Kier molecular flexibility index (Phi) is 6.27. The summed E-state index contributed by atoms with van der Waals surface area (Å²) < 4.78 is 10.8. The molecule has 1 aromatic heterocycles. The summed E-state index contributed by atoms with van der Waals surface area (Å²) >= 11 is 3.36. The molecule has 0 radical (unpaired) electrons. The molecule has 0 unspecified atom stereocenters. The average molecular weight is 420 g/mol. The first-order chi connectivity index (χ1) is 12.4. The Labute approximate surface area is 157 Å². The van der Waals surface area contributed by atoms with Gasteiger partial charge in [-0.25, -0.2) is 0 Å². The highest BCUT2D eigenvalue weighted by Crippen LogP contribution is 2.28. The number of nitro groups is 1. The van der Waals surface area contributed by atoms with Crippen LogP contribution in [0.3, 0.4) is 0 Å². The zero-order chi connectivity index (χ0) is 19.3. The number of aromatic amines is 1. The second-order valence-corrected chi connectivity index (χ2v) is 5.95. The molecule has 134 valence electrons. The van der Waals surface area contributed by atoms with E-state index in [4.69, 9.17) is 14.7 Å². The van der Waals surface area contributed by atoms with Crippen LogP contribution in [0.4, 0.5) is 5.69 Å². The number of nitrogens with zero attached hydrogens (tertiary/aromatic N) is 2. The highest BCUT2D eigenvalue weighted by Gasteiger charge is 2.25. The van der Waals surface area contributed by atoms with Gasteiger partial charge in [-0.15, -0.1) is 0 Å². The highest BCUT2D eigenvalue weighted by atomic mass is 79.9. The summed E-state index contributed by atoms with van der Waals surface area (Å²) in [6.45, 7) is -0.224. The largest absolute Gasteiger partial charge is 0.496 e. The average Bonchev–Trinajstić information content (AvgIpc) is 2.60. The number of methoxy groups -OCH3 is 2. The van der Waals surface area contributed by atoms with E-state index in [9.17, 15) is 14.9 Å². The third-order valence-electron chi connectivity index (χ3n) is 3.52. The molecule has 8 nitrogen and oxygen atoms in total. The Balaban J connectivity index is 2.59. The normalized spacial score (nSPS) is 10.7. The van der Waals surface area contributed by atoms with Crippen LogP contribution in [0.5, 0.6) is 5.75 Å². The summed E-state index contributed by atoms with van der Waals surface area (Å²) in [4.78, 5) is 25.3. The van der Waals surface area contributed by atoms with Crippen LogP contribution in [-0.4, -0.2) is 24.1 Å². The van der Waals surface area contributed by atoms with E-state index in [1.807, 2.05) is 0 Å². The number of hydrogen-bond donors (Lipinski definition) is 1. The van der Waals surface area contributed by atoms with Crippen LogP contribution in [0, 0.1) is 21.4 Å². The summed E-state index contributed by atoms with van der Waals surface area (Å²) in [6, 6.07) is 6.94. The number of rotatable bonds is 6. The number of H-pyrrole nitrogens is 1. The van der Waals surface area contributed by atoms with E-state index in [1.165, 1.54) is 20.3 Å². The molecule has 1 N–H and O–H groups in total. The number of aromatic nitrogens is 1. The van der Waals surface area contributed by atoms with E-state index >= 15 is 0 Å². The van der Waals surface area contributed by atoms with Crippen molar-refractivity contribution in [1.82, 2.24) is 4.98 Å². The zero-order valence-corrected chi connectivity index (χ0v) is 15.5. The molecule has 0 bridgehead atoms. The molecule has 9 heteroatoms. The van der Waals surface area contributed by atoms with E-state index < -0.39 is 10.5 Å². The maximum atomic E-state index is 12.1. The Hall–Kier alpha value is -2.96. The fraction of sp³-hybridized carbons (Fsp3) is 0.176. The Morgan fingerprint density at radius 3 is 2.65 bits per heavy atom. The first-order valence-electron chi connectivity index (χ1n) is 7.27. The zero-order valence-electron chi connectivity index (χ0n) is 13.9. The summed E-state index contributed by atoms with van der Waals surface area (Å²) in [5.74, 6) is 0.641. The quantitative estimate of drug-likeness (QED) is 0.566. The summed E-state index contributed by atoms with van der Waals surface area (Å²) in [5, 5.41) is 20.6. The predicted molar refractivity (Wildman–Crippen MR) is 98.8 cm³/mol. The predicted octanol–water partition coefficient (Wildman–Crippen LogP) is 3.24. The van der Waals surface area contributed by atoms with Gasteiger partial charge >= 0.3 is 0 Å². The molecule has 0 saturated carbocycles. The molecule has 0 saturated heterocycles. The first kappa shape index (κ1) is 19.4. The van der Waals surface area contributed by atoms with Crippen molar-refractivity contribution in [3.8, 4) is 11.8 Å². The molecule has 2 rings (SSSR count). The molecule has 1 aromatic carbocycles. The Bertz CT molecular complexity index is 976. The fourth-order valence-electron chi connectivity index (χ4n) is 2.36. The molecule has 0 aliphatic rings. The molecule has 26 heavy (non-hydrogen) atoms. The topological polar surface area (TPSA) is 118 Å². The lowest BCUT2D eigenvalue weighted by molar-refractivity contribution is -0.386. The van der Waals surface area contributed by atoms with Gasteiger partial charge in [-0.05, 0) is 39.7 Å². The number of halogens is 1. The summed E-state index contributed by atoms with van der Waals surface area (Å²) in [6.07, 6.45) is 3.01. The lowest BCUT2D eigenvalue weighted by Gasteiger charge is -2.07. The van der Waals surface area contributed by atoms with E-state index in [0.717, 1.165) is 5.56 Å². The van der Waals surface area contributed by atoms with Crippen LogP contribution in [0.1, 0.15) is 22.4 Å². The van der Waals surface area contributed by atoms with Gasteiger partial charge < -0.3 is 14.5 Å². The maximum Gasteiger partial charge on any atom is 0.299 e. The molecule has 1 heterocycles. The number of benzene rings is 1. The molecule has 0 atom stereocenters. The lowest BCUT2D eigenvalue weighted by atomic mass is 10.1. The van der Waals surface area contributed by atoms with Gasteiger partial charge in [0, 0.05) is 7.11 Å². The summed E-state index contributed by atoms with van der Waals surface area (Å²) in [7, 11) is 2.87. The molecule has 0 aliphatic carbocycles. The van der Waals surface area contributed by atoms with Gasteiger partial charge in [-0.3, -0.25) is 14.9 Å². The monoisotopic (exact) mass is 419 g/mol. The van der Waals surface area contributed by atoms with Crippen molar-refractivity contribution in [1.29, 1.82) is 5.26 Å². The second-order valence-electron chi connectivity index (χ2n) is 5.10. The molecule has 0 amide bonds. The second kappa shape index (κ2) is 8.42. The van der Waals surface area contributed by atoms with Crippen LogP contribution in [-0.2, 0) is 11.3 Å². The smallest absolute Gasteiger partial charge is 0.299 e. The van der Waals surface area contributed by atoms with Crippen molar-refractivity contribution in [2.45, 2.75) is 6.61 Å². The lowest BCUT2D eigenvalue weighted by Crippen LogP contribution is -2.18. The van der Waals surface area contributed by atoms with E-state index in [-0.39, 0.29) is 29.1 Å². The van der Waals surface area contributed by atoms with Gasteiger partial charge in [0.2, 0.25) is 0 Å². The minimum absolute atomic E-state index is 0.0157. The van der Waals surface area contributed by atoms with Gasteiger partial charge in [0.05, 0.1) is 28.7 Å². The number of pyridine rings is 1. The SMILES string of the molecule is COCc1c([N+](=O)[O-])c(/C=C/c2ccc(OC)c(Br)c2)[nH]c(=O)c1C#N. The van der Waals surface area contributed by atoms with E-state index in [1.54, 1.807) is 30.3 Å². The molecule has 0 fully saturated rings. The van der Waals surface area contributed by atoms with Gasteiger partial charge in [0.1, 0.15) is 23.1 Å². The van der Waals surface area contributed by atoms with Crippen LogP contribution in [0.25, 0.3) is 12.2 Å². The number of hydrogen-bond acceptors (Lipinski definition) is 6. The van der Waals surface area contributed by atoms with Crippen molar-refractivity contribution < 1.29 is 14.4 Å². The minimum Gasteiger partial charge on any atom is -0.496 e. The Morgan fingerprint density at radius 1 is 1.38 bits per heavy atom. The molecule has 0 spiro atoms. The molecule has 0 aliphatic heterocycles. The third-order valence-corrected chi connectivity index (χ3v) is 4.14. The van der Waals surface area contributed by atoms with Crippen molar-refractivity contribution in [3.05, 3.63) is 65.5 Å². The number of nitrogens with one attached hydrogen (secondary N) is 1. The van der Waals surface area contributed by atoms with Gasteiger partial charge in [-0.2, -0.15) is 5.26 Å². The van der Waals surface area contributed by atoms with Gasteiger partial charge in [0.15, 0.2) is 0 Å². The van der Waals surface area contributed by atoms with Crippen LogP contribution in [0.15, 0.2) is 27.5 Å². The Morgan fingerprint density at radius 2 is 2.12 bits per heavy atom. The molecule has 2 aromatic rings. The number of nitriles is 1. The minimum atomic E-state index is -0.708. The van der Waals surface area contributed by atoms with Crippen molar-refractivity contribution in [3.63, 3.8) is 0 Å². The van der Waals surface area contributed by atoms with Crippen LogP contribution >= 0.6 is 15.9 Å². The maximum absolute atomic E-state index is 12.1. The first-order valence-corrected chi connectivity index (χ1v) is 8.06. The van der Waals surface area contributed by atoms with E-state index in [2.05, 4.69) is 20.9 Å². The third kappa shape index (κ3) is 3.99. The van der Waals surface area contributed by atoms with Gasteiger partial charge in [-0.1, -0.05) is 12.1 Å². The van der Waals surface area contributed by atoms with Crippen molar-refractivity contribution in [2.75, 3.05) is 14.2 Å². The van der Waals surface area contributed by atoms with Crippen LogP contribution in [0.2, 0.25) is 0 Å².